The number of nitrogens with zero attached hydrogens (tertiary/aromatic N) is 1. The van der Waals surface area contributed by atoms with Gasteiger partial charge in [0.25, 0.3) is 5.91 Å². The minimum atomic E-state index is -0.761. The zero-order valence-electron chi connectivity index (χ0n) is 13.5. The molecule has 0 fully saturated rings. The monoisotopic (exact) mass is 355 g/mol. The third-order valence-electron chi connectivity index (χ3n) is 3.57. The number of thiazole rings is 1. The number of amides is 2. The number of aromatic nitrogens is 1. The van der Waals surface area contributed by atoms with E-state index in [0.717, 1.165) is 15.8 Å². The molecule has 0 aliphatic heterocycles. The minimum absolute atomic E-state index is 0.126. The molecule has 1 atom stereocenters. The van der Waals surface area contributed by atoms with Gasteiger partial charge in [0.2, 0.25) is 5.91 Å². The van der Waals surface area contributed by atoms with E-state index >= 15 is 0 Å². The average molecular weight is 355 g/mol. The Morgan fingerprint density at radius 1 is 1.20 bits per heavy atom. The van der Waals surface area contributed by atoms with Gasteiger partial charge >= 0.3 is 0 Å². The van der Waals surface area contributed by atoms with Gasteiger partial charge in [-0.25, -0.2) is 4.98 Å². The van der Waals surface area contributed by atoms with Crippen LogP contribution in [0.25, 0.3) is 10.2 Å². The molecule has 0 aliphatic carbocycles. The van der Waals surface area contributed by atoms with Crippen molar-refractivity contribution >= 4 is 38.5 Å². The van der Waals surface area contributed by atoms with Gasteiger partial charge in [-0.2, -0.15) is 0 Å². The number of rotatable bonds is 5. The maximum Gasteiger partial charge on any atom is 0.251 e. The lowest BCUT2D eigenvalue weighted by atomic mass is 10.1. The van der Waals surface area contributed by atoms with E-state index in [1.54, 1.807) is 18.2 Å². The SMILES string of the molecule is CC(=O)Nc1nc2ccc(C(=O)NC[C@H](O)c3ccccc3)cc2s1. The second-order valence-electron chi connectivity index (χ2n) is 5.52. The summed E-state index contributed by atoms with van der Waals surface area (Å²) in [4.78, 5) is 27.7. The highest BCUT2D eigenvalue weighted by Gasteiger charge is 2.12. The summed E-state index contributed by atoms with van der Waals surface area (Å²) in [6.45, 7) is 1.55. The summed E-state index contributed by atoms with van der Waals surface area (Å²) in [5.74, 6) is -0.460. The number of anilines is 1. The Morgan fingerprint density at radius 3 is 2.68 bits per heavy atom. The fraction of sp³-hybridized carbons (Fsp3) is 0.167. The number of carbonyl (C=O) groups excluding carboxylic acids is 2. The Labute approximate surface area is 148 Å². The molecule has 0 saturated heterocycles. The first kappa shape index (κ1) is 17.1. The van der Waals surface area contributed by atoms with E-state index < -0.39 is 6.10 Å². The fourth-order valence-corrected chi connectivity index (χ4v) is 3.31. The van der Waals surface area contributed by atoms with Crippen molar-refractivity contribution in [1.29, 1.82) is 0 Å². The normalized spacial score (nSPS) is 11.9. The molecule has 6 nitrogen and oxygen atoms in total. The second-order valence-corrected chi connectivity index (χ2v) is 6.55. The summed E-state index contributed by atoms with van der Waals surface area (Å²) in [6.07, 6.45) is -0.761. The van der Waals surface area contributed by atoms with E-state index in [4.69, 9.17) is 0 Å². The number of carbonyl (C=O) groups is 2. The molecule has 128 valence electrons. The van der Waals surface area contributed by atoms with Crippen LogP contribution in [0.4, 0.5) is 5.13 Å². The fourth-order valence-electron chi connectivity index (χ4n) is 2.35. The third kappa shape index (κ3) is 4.20. The molecule has 0 spiro atoms. The Morgan fingerprint density at radius 2 is 1.96 bits per heavy atom. The molecule has 7 heteroatoms. The van der Waals surface area contributed by atoms with Crippen LogP contribution in [0.15, 0.2) is 48.5 Å². The van der Waals surface area contributed by atoms with Gasteiger partial charge in [0, 0.05) is 19.0 Å². The standard InChI is InChI=1S/C18H17N3O3S/c1-11(22)20-18-21-14-8-7-13(9-16(14)25-18)17(24)19-10-15(23)12-5-3-2-4-6-12/h2-9,15,23H,10H2,1H3,(H,19,24)(H,20,21,22)/t15-/m0/s1. The van der Waals surface area contributed by atoms with Crippen molar-refractivity contribution in [3.05, 3.63) is 59.7 Å². The first-order valence-corrected chi connectivity index (χ1v) is 8.54. The van der Waals surface area contributed by atoms with Gasteiger partial charge < -0.3 is 15.7 Å². The van der Waals surface area contributed by atoms with Gasteiger partial charge in [-0.1, -0.05) is 41.7 Å². The number of nitrogens with one attached hydrogen (secondary N) is 2. The average Bonchev–Trinajstić information content (AvgIpc) is 3.00. The largest absolute Gasteiger partial charge is 0.387 e. The molecule has 1 aromatic heterocycles. The van der Waals surface area contributed by atoms with Crippen molar-refractivity contribution in [2.75, 3.05) is 11.9 Å². The van der Waals surface area contributed by atoms with E-state index in [-0.39, 0.29) is 18.4 Å². The van der Waals surface area contributed by atoms with Crippen LogP contribution in [0.5, 0.6) is 0 Å². The molecule has 0 radical (unpaired) electrons. The Kier molecular flexibility index (Phi) is 5.06. The molecule has 0 aliphatic rings. The van der Waals surface area contributed by atoms with Crippen LogP contribution in [0.2, 0.25) is 0 Å². The number of hydrogen-bond donors (Lipinski definition) is 3. The van der Waals surface area contributed by atoms with Gasteiger partial charge in [-0.15, -0.1) is 0 Å². The Balaban J connectivity index is 1.68. The highest BCUT2D eigenvalue weighted by atomic mass is 32.1. The number of hydrogen-bond acceptors (Lipinski definition) is 5. The quantitative estimate of drug-likeness (QED) is 0.656. The predicted molar refractivity (Wildman–Crippen MR) is 97.7 cm³/mol. The number of aliphatic hydroxyl groups is 1. The smallest absolute Gasteiger partial charge is 0.251 e. The molecular formula is C18H17N3O3S. The molecule has 25 heavy (non-hydrogen) atoms. The zero-order chi connectivity index (χ0) is 17.8. The molecule has 3 aromatic rings. The Bertz CT molecular complexity index is 908. The van der Waals surface area contributed by atoms with Crippen molar-refractivity contribution in [2.24, 2.45) is 0 Å². The summed E-state index contributed by atoms with van der Waals surface area (Å²) in [7, 11) is 0. The van der Waals surface area contributed by atoms with Crippen LogP contribution in [0.3, 0.4) is 0 Å². The van der Waals surface area contributed by atoms with Crippen molar-refractivity contribution < 1.29 is 14.7 Å². The molecule has 0 unspecified atom stereocenters. The van der Waals surface area contributed by atoms with Crippen LogP contribution in [-0.4, -0.2) is 28.4 Å². The highest BCUT2D eigenvalue weighted by molar-refractivity contribution is 7.22. The van der Waals surface area contributed by atoms with Crippen LogP contribution < -0.4 is 10.6 Å². The second kappa shape index (κ2) is 7.42. The molecule has 2 amide bonds. The van der Waals surface area contributed by atoms with Crippen LogP contribution in [0.1, 0.15) is 28.9 Å². The molecule has 3 rings (SSSR count). The summed E-state index contributed by atoms with van der Waals surface area (Å²) >= 11 is 1.31. The van der Waals surface area contributed by atoms with Gasteiger partial charge in [0.1, 0.15) is 0 Å². The first-order valence-electron chi connectivity index (χ1n) is 7.72. The van der Waals surface area contributed by atoms with Crippen molar-refractivity contribution in [1.82, 2.24) is 10.3 Å². The topological polar surface area (TPSA) is 91.3 Å². The maximum atomic E-state index is 12.3. The lowest BCUT2D eigenvalue weighted by Gasteiger charge is -2.12. The van der Waals surface area contributed by atoms with Crippen molar-refractivity contribution in [2.45, 2.75) is 13.0 Å². The molecule has 3 N–H and O–H groups in total. The van der Waals surface area contributed by atoms with E-state index in [2.05, 4.69) is 15.6 Å². The van der Waals surface area contributed by atoms with Crippen molar-refractivity contribution in [3.8, 4) is 0 Å². The zero-order valence-corrected chi connectivity index (χ0v) is 14.3. The summed E-state index contributed by atoms with van der Waals surface area (Å²) in [6, 6.07) is 14.3. The van der Waals surface area contributed by atoms with E-state index in [0.29, 0.717) is 10.7 Å². The number of fused-ring (bicyclic) bond motifs is 1. The first-order chi connectivity index (χ1) is 12.0. The third-order valence-corrected chi connectivity index (χ3v) is 4.51. The summed E-state index contributed by atoms with van der Waals surface area (Å²) < 4.78 is 0.806. The lowest BCUT2D eigenvalue weighted by Crippen LogP contribution is -2.28. The van der Waals surface area contributed by atoms with Gasteiger partial charge in [0.15, 0.2) is 5.13 Å². The highest BCUT2D eigenvalue weighted by Crippen LogP contribution is 2.26. The van der Waals surface area contributed by atoms with Crippen LogP contribution in [0, 0.1) is 0 Å². The molecular weight excluding hydrogens is 338 g/mol. The number of aliphatic hydroxyl groups excluding tert-OH is 1. The van der Waals surface area contributed by atoms with Crippen molar-refractivity contribution in [3.63, 3.8) is 0 Å². The molecule has 2 aromatic carbocycles. The van der Waals surface area contributed by atoms with E-state index in [1.807, 2.05) is 30.3 Å². The molecule has 1 heterocycles. The maximum absolute atomic E-state index is 12.3. The molecule has 0 saturated carbocycles. The van der Waals surface area contributed by atoms with Crippen LogP contribution >= 0.6 is 11.3 Å². The predicted octanol–water partition coefficient (Wildman–Crippen LogP) is 2.72. The number of benzene rings is 2. The van der Waals surface area contributed by atoms with Gasteiger partial charge in [0.05, 0.1) is 16.3 Å². The lowest BCUT2D eigenvalue weighted by molar-refractivity contribution is -0.114. The van der Waals surface area contributed by atoms with E-state index in [1.165, 1.54) is 18.3 Å². The Hall–Kier alpha value is -2.77. The van der Waals surface area contributed by atoms with E-state index in [9.17, 15) is 14.7 Å². The van der Waals surface area contributed by atoms with Crippen LogP contribution in [-0.2, 0) is 4.79 Å². The van der Waals surface area contributed by atoms with Gasteiger partial charge in [-0.05, 0) is 23.8 Å². The summed E-state index contributed by atoms with van der Waals surface area (Å²) in [5, 5.41) is 16.0. The minimum Gasteiger partial charge on any atom is -0.387 e. The van der Waals surface area contributed by atoms with Gasteiger partial charge in [-0.3, -0.25) is 9.59 Å². The molecule has 0 bridgehead atoms. The summed E-state index contributed by atoms with van der Waals surface area (Å²) in [5.41, 5.74) is 1.95.